The molecule has 0 aliphatic carbocycles. The minimum atomic E-state index is 1.42. The zero-order valence-electron chi connectivity index (χ0n) is 3.13. The molecule has 0 saturated heterocycles. The Morgan fingerprint density at radius 2 is 2.00 bits per heavy atom. The zero-order valence-corrected chi connectivity index (χ0v) is 4.78. The maximum atomic E-state index is 5.11. The molecular formula is C4H5ClS. The molecule has 0 aromatic carbocycles. The molecule has 0 heterocycles. The van der Waals surface area contributed by atoms with Crippen molar-refractivity contribution in [2.24, 2.45) is 0 Å². The van der Waals surface area contributed by atoms with Crippen molar-refractivity contribution in [1.82, 2.24) is 0 Å². The highest BCUT2D eigenvalue weighted by Gasteiger charge is 1.51. The molecular weight excluding hydrogens is 116 g/mol. The fraction of sp³-hybridized carbons (Fsp3) is 0. The van der Waals surface area contributed by atoms with Crippen molar-refractivity contribution in [3.05, 3.63) is 23.1 Å². The molecule has 2 heteroatoms. The van der Waals surface area contributed by atoms with Crippen molar-refractivity contribution < 1.29 is 0 Å². The molecule has 0 rings (SSSR count). The van der Waals surface area contributed by atoms with E-state index in [1.165, 1.54) is 5.54 Å². The van der Waals surface area contributed by atoms with Crippen molar-refractivity contribution in [2.45, 2.75) is 0 Å². The highest BCUT2D eigenvalue weighted by atomic mass is 35.5. The van der Waals surface area contributed by atoms with Crippen LogP contribution in [0.25, 0.3) is 0 Å². The minimum absolute atomic E-state index is 1.42. The number of hydrogen-bond acceptors (Lipinski definition) is 1. The van der Waals surface area contributed by atoms with Gasteiger partial charge in [-0.25, -0.2) is 0 Å². The SMILES string of the molecule is SC=CC=CCl. The largest absolute Gasteiger partial charge is 0.151 e. The van der Waals surface area contributed by atoms with E-state index in [2.05, 4.69) is 12.6 Å². The molecule has 0 saturated carbocycles. The van der Waals surface area contributed by atoms with Gasteiger partial charge in [0.15, 0.2) is 0 Å². The van der Waals surface area contributed by atoms with E-state index in [1.54, 1.807) is 17.6 Å². The average Bonchev–Trinajstić information content (AvgIpc) is 1.61. The zero-order chi connectivity index (χ0) is 4.83. The van der Waals surface area contributed by atoms with Gasteiger partial charge in [-0.05, 0) is 5.41 Å². The molecule has 0 aliphatic heterocycles. The summed E-state index contributed by atoms with van der Waals surface area (Å²) < 4.78 is 0. The minimum Gasteiger partial charge on any atom is -0.151 e. The monoisotopic (exact) mass is 120 g/mol. The van der Waals surface area contributed by atoms with E-state index in [-0.39, 0.29) is 0 Å². The number of thiol groups is 1. The second-order valence-electron chi connectivity index (χ2n) is 0.660. The van der Waals surface area contributed by atoms with Crippen molar-refractivity contribution in [2.75, 3.05) is 0 Å². The molecule has 0 unspecified atom stereocenters. The Morgan fingerprint density at radius 3 is 2.17 bits per heavy atom. The molecule has 0 aromatic heterocycles. The first-order valence-electron chi connectivity index (χ1n) is 1.48. The third-order valence-corrected chi connectivity index (χ3v) is 0.588. The standard InChI is InChI=1S/C4H5ClS/c5-3-1-2-4-6/h1-4,6H. The fourth-order valence-corrected chi connectivity index (χ4v) is 0.275. The van der Waals surface area contributed by atoms with E-state index in [9.17, 15) is 0 Å². The molecule has 0 aliphatic rings. The molecule has 0 spiro atoms. The second-order valence-corrected chi connectivity index (χ2v) is 1.21. The van der Waals surface area contributed by atoms with Crippen LogP contribution in [0.4, 0.5) is 0 Å². The van der Waals surface area contributed by atoms with Crippen LogP contribution in [0, 0.1) is 0 Å². The van der Waals surface area contributed by atoms with E-state index < -0.39 is 0 Å². The van der Waals surface area contributed by atoms with Gasteiger partial charge in [0.25, 0.3) is 0 Å². The lowest BCUT2D eigenvalue weighted by atomic mass is 10.6. The van der Waals surface area contributed by atoms with E-state index in [0.717, 1.165) is 0 Å². The summed E-state index contributed by atoms with van der Waals surface area (Å²) in [4.78, 5) is 0. The van der Waals surface area contributed by atoms with Gasteiger partial charge in [-0.2, -0.15) is 12.6 Å². The Morgan fingerprint density at radius 1 is 1.33 bits per heavy atom. The van der Waals surface area contributed by atoms with Crippen molar-refractivity contribution >= 4 is 24.2 Å². The average molecular weight is 121 g/mol. The van der Waals surface area contributed by atoms with Gasteiger partial charge < -0.3 is 0 Å². The van der Waals surface area contributed by atoms with Gasteiger partial charge in [0.1, 0.15) is 0 Å². The number of hydrogen-bond donors (Lipinski definition) is 1. The van der Waals surface area contributed by atoms with Gasteiger partial charge in [0.05, 0.1) is 0 Å². The van der Waals surface area contributed by atoms with Gasteiger partial charge in [-0.1, -0.05) is 23.8 Å². The van der Waals surface area contributed by atoms with Gasteiger partial charge in [0, 0.05) is 5.54 Å². The quantitative estimate of drug-likeness (QED) is 0.398. The van der Waals surface area contributed by atoms with Crippen LogP contribution >= 0.6 is 24.2 Å². The van der Waals surface area contributed by atoms with Crippen LogP contribution in [0.15, 0.2) is 23.1 Å². The summed E-state index contributed by atoms with van der Waals surface area (Å²) in [6, 6.07) is 0. The van der Waals surface area contributed by atoms with Crippen LogP contribution in [0.3, 0.4) is 0 Å². The predicted molar refractivity (Wildman–Crippen MR) is 33.1 cm³/mol. The Balaban J connectivity index is 3.07. The topological polar surface area (TPSA) is 0 Å². The summed E-state index contributed by atoms with van der Waals surface area (Å²) in [6.45, 7) is 0. The Kier molecular flexibility index (Phi) is 5.22. The number of halogens is 1. The normalized spacial score (nSPS) is 11.7. The van der Waals surface area contributed by atoms with Crippen LogP contribution in [0.5, 0.6) is 0 Å². The molecule has 0 bridgehead atoms. The van der Waals surface area contributed by atoms with E-state index in [0.29, 0.717) is 0 Å². The molecule has 6 heavy (non-hydrogen) atoms. The highest BCUT2D eigenvalue weighted by Crippen LogP contribution is 1.81. The third-order valence-electron chi connectivity index (χ3n) is 0.270. The highest BCUT2D eigenvalue weighted by molar-refractivity contribution is 7.83. The summed E-state index contributed by atoms with van der Waals surface area (Å²) in [6.07, 6.45) is 3.42. The summed E-state index contributed by atoms with van der Waals surface area (Å²) in [7, 11) is 0. The van der Waals surface area contributed by atoms with Gasteiger partial charge in [-0.3, -0.25) is 0 Å². The summed E-state index contributed by atoms with van der Waals surface area (Å²) >= 11 is 8.88. The smallest absolute Gasteiger partial charge is 0.00426 e. The van der Waals surface area contributed by atoms with E-state index in [1.807, 2.05) is 0 Å². The van der Waals surface area contributed by atoms with Crippen LogP contribution in [0.2, 0.25) is 0 Å². The second kappa shape index (κ2) is 5.12. The van der Waals surface area contributed by atoms with E-state index in [4.69, 9.17) is 11.6 Å². The Hall–Kier alpha value is 0.120. The van der Waals surface area contributed by atoms with Gasteiger partial charge in [-0.15, -0.1) is 0 Å². The lowest BCUT2D eigenvalue weighted by Gasteiger charge is -1.60. The fourth-order valence-electron chi connectivity index (χ4n) is 0.0917. The first-order valence-corrected chi connectivity index (χ1v) is 2.43. The maximum absolute atomic E-state index is 5.11. The first-order chi connectivity index (χ1) is 2.91. The molecule has 34 valence electrons. The molecule has 0 radical (unpaired) electrons. The molecule has 0 N–H and O–H groups in total. The summed E-state index contributed by atoms with van der Waals surface area (Å²) in [5.74, 6) is 0. The van der Waals surface area contributed by atoms with Crippen molar-refractivity contribution in [3.8, 4) is 0 Å². The first kappa shape index (κ1) is 6.12. The van der Waals surface area contributed by atoms with E-state index >= 15 is 0 Å². The lowest BCUT2D eigenvalue weighted by molar-refractivity contribution is 2.09. The van der Waals surface area contributed by atoms with Gasteiger partial charge in [0.2, 0.25) is 0 Å². The summed E-state index contributed by atoms with van der Waals surface area (Å²) in [5, 5.41) is 1.61. The molecule has 0 atom stereocenters. The molecule has 0 amide bonds. The molecule has 0 aromatic rings. The summed E-state index contributed by atoms with van der Waals surface area (Å²) in [5.41, 5.74) is 1.42. The lowest BCUT2D eigenvalue weighted by Crippen LogP contribution is -1.34. The van der Waals surface area contributed by atoms with Crippen molar-refractivity contribution in [1.29, 1.82) is 0 Å². The third kappa shape index (κ3) is 4.12. The van der Waals surface area contributed by atoms with Crippen molar-refractivity contribution in [3.63, 3.8) is 0 Å². The van der Waals surface area contributed by atoms with Crippen LogP contribution in [-0.2, 0) is 0 Å². The maximum Gasteiger partial charge on any atom is 0.00426 e. The van der Waals surface area contributed by atoms with Crippen LogP contribution < -0.4 is 0 Å². The number of allylic oxidation sites excluding steroid dienone is 2. The van der Waals surface area contributed by atoms with Crippen LogP contribution in [-0.4, -0.2) is 0 Å². The van der Waals surface area contributed by atoms with Gasteiger partial charge >= 0.3 is 0 Å². The predicted octanol–water partition coefficient (Wildman–Crippen LogP) is 2.18. The Labute approximate surface area is 47.9 Å². The molecule has 0 nitrogen and oxygen atoms in total. The molecule has 0 fully saturated rings. The Bertz CT molecular complexity index is 55.9. The van der Waals surface area contributed by atoms with Crippen LogP contribution in [0.1, 0.15) is 0 Å². The number of rotatable bonds is 1.